The van der Waals surface area contributed by atoms with Crippen molar-refractivity contribution in [2.45, 2.75) is 72.1 Å². The quantitative estimate of drug-likeness (QED) is 0.356. The molecule has 17 heavy (non-hydrogen) atoms. The second-order valence-corrected chi connectivity index (χ2v) is 4.37. The van der Waals surface area contributed by atoms with Crippen LogP contribution in [0.3, 0.4) is 0 Å². The molecule has 0 atom stereocenters. The summed E-state index contributed by atoms with van der Waals surface area (Å²) in [6, 6.07) is 0. The van der Waals surface area contributed by atoms with E-state index < -0.39 is 0 Å². The van der Waals surface area contributed by atoms with Crippen LogP contribution in [0.1, 0.15) is 72.1 Å². The maximum absolute atomic E-state index is 5.35. The van der Waals surface area contributed by atoms with Gasteiger partial charge in [-0.2, -0.15) is 0 Å². The van der Waals surface area contributed by atoms with Gasteiger partial charge < -0.3 is 0 Å². The summed E-state index contributed by atoms with van der Waals surface area (Å²) in [6.07, 6.45) is 10.7. The molecule has 0 aliphatic carbocycles. The highest BCUT2D eigenvalue weighted by Gasteiger charge is 2.03. The molecule has 0 unspecified atom stereocenters. The Morgan fingerprint density at radius 2 is 1.12 bits per heavy atom. The van der Waals surface area contributed by atoms with Crippen molar-refractivity contribution in [1.29, 1.82) is 0 Å². The minimum absolute atomic E-state index is 0.678. The summed E-state index contributed by atoms with van der Waals surface area (Å²) >= 11 is 0. The summed E-state index contributed by atoms with van der Waals surface area (Å²) < 4.78 is 0. The maximum Gasteiger partial charge on any atom is 0.0683 e. The van der Waals surface area contributed by atoms with Crippen molar-refractivity contribution in [3.8, 4) is 0 Å². The maximum atomic E-state index is 5.35. The van der Waals surface area contributed by atoms with Gasteiger partial charge >= 0.3 is 0 Å². The third-order valence-corrected chi connectivity index (χ3v) is 2.74. The monoisotopic (exact) mass is 245 g/mol. The van der Waals surface area contributed by atoms with E-state index in [-0.39, 0.29) is 0 Å². The van der Waals surface area contributed by atoms with E-state index in [4.69, 9.17) is 9.68 Å². The molecule has 0 saturated heterocycles. The van der Waals surface area contributed by atoms with Crippen LogP contribution in [0, 0.1) is 0 Å². The summed E-state index contributed by atoms with van der Waals surface area (Å²) in [5, 5.41) is 1.64. The minimum atomic E-state index is 0.678. The molecule has 0 aliphatic heterocycles. The Labute approximate surface area is 107 Å². The molecule has 104 valence electrons. The van der Waals surface area contributed by atoms with Gasteiger partial charge in [0.15, 0.2) is 0 Å². The van der Waals surface area contributed by atoms with Crippen molar-refractivity contribution < 1.29 is 9.68 Å². The highest BCUT2D eigenvalue weighted by atomic mass is 16.9. The predicted molar refractivity (Wildman–Crippen MR) is 72.6 cm³/mol. The van der Waals surface area contributed by atoms with Crippen LogP contribution in [0.25, 0.3) is 0 Å². The van der Waals surface area contributed by atoms with Crippen molar-refractivity contribution in [1.82, 2.24) is 5.23 Å². The summed E-state index contributed by atoms with van der Waals surface area (Å²) in [4.78, 5) is 10.7. The van der Waals surface area contributed by atoms with Crippen LogP contribution in [-0.2, 0) is 9.68 Å². The first-order valence-electron chi connectivity index (χ1n) is 7.38. The van der Waals surface area contributed by atoms with Gasteiger partial charge in [0.2, 0.25) is 0 Å². The molecule has 0 saturated carbocycles. The molecule has 3 nitrogen and oxygen atoms in total. The van der Waals surface area contributed by atoms with Gasteiger partial charge in [0.25, 0.3) is 0 Å². The Balaban J connectivity index is 3.23. The van der Waals surface area contributed by atoms with Crippen molar-refractivity contribution in [3.63, 3.8) is 0 Å². The normalized spacial score (nSPS) is 11.3. The summed E-state index contributed by atoms with van der Waals surface area (Å²) in [6.45, 7) is 8.47. The van der Waals surface area contributed by atoms with E-state index in [0.29, 0.717) is 13.2 Å². The van der Waals surface area contributed by atoms with Gasteiger partial charge in [-0.25, -0.2) is 0 Å². The summed E-state index contributed by atoms with van der Waals surface area (Å²) in [5.41, 5.74) is 0. The molecule has 0 aromatic heterocycles. The number of hydroxylamine groups is 2. The highest BCUT2D eigenvalue weighted by Crippen LogP contribution is 2.09. The van der Waals surface area contributed by atoms with Crippen LogP contribution < -0.4 is 0 Å². The number of hydrogen-bond donors (Lipinski definition) is 0. The lowest BCUT2D eigenvalue weighted by Crippen LogP contribution is -2.25. The van der Waals surface area contributed by atoms with E-state index in [1.165, 1.54) is 44.9 Å². The first kappa shape index (κ1) is 16.9. The number of nitrogens with zero attached hydrogens (tertiary/aromatic N) is 1. The summed E-state index contributed by atoms with van der Waals surface area (Å²) in [7, 11) is 0. The molecule has 0 N–H and O–H groups in total. The molecule has 0 bridgehead atoms. The van der Waals surface area contributed by atoms with Gasteiger partial charge in [-0.15, -0.1) is 0 Å². The molecule has 0 aromatic carbocycles. The Kier molecular flexibility index (Phi) is 13.8. The zero-order chi connectivity index (χ0) is 12.8. The van der Waals surface area contributed by atoms with Gasteiger partial charge in [-0.1, -0.05) is 57.1 Å². The Morgan fingerprint density at radius 3 is 1.59 bits per heavy atom. The minimum Gasteiger partial charge on any atom is -0.274 e. The van der Waals surface area contributed by atoms with E-state index in [9.17, 15) is 0 Å². The van der Waals surface area contributed by atoms with E-state index in [1.807, 2.05) is 13.8 Å². The lowest BCUT2D eigenvalue weighted by Gasteiger charge is -2.19. The molecule has 0 aromatic rings. The molecule has 0 aliphatic rings. The zero-order valence-electron chi connectivity index (χ0n) is 12.0. The fourth-order valence-electron chi connectivity index (χ4n) is 1.83. The van der Waals surface area contributed by atoms with E-state index in [1.54, 1.807) is 5.23 Å². The third kappa shape index (κ3) is 12.1. The molecule has 0 amide bonds. The van der Waals surface area contributed by atoms with Crippen molar-refractivity contribution in [2.75, 3.05) is 19.8 Å². The topological polar surface area (TPSA) is 21.7 Å². The second kappa shape index (κ2) is 13.9. The fraction of sp³-hybridized carbons (Fsp3) is 1.00. The Hall–Kier alpha value is -0.120. The average Bonchev–Trinajstić information content (AvgIpc) is 2.33. The molecule has 0 fully saturated rings. The van der Waals surface area contributed by atoms with Crippen LogP contribution in [0.4, 0.5) is 0 Å². The summed E-state index contributed by atoms with van der Waals surface area (Å²) in [5.74, 6) is 0. The van der Waals surface area contributed by atoms with Gasteiger partial charge in [0.05, 0.1) is 19.8 Å². The van der Waals surface area contributed by atoms with Gasteiger partial charge in [0.1, 0.15) is 0 Å². The molecular weight excluding hydrogens is 214 g/mol. The van der Waals surface area contributed by atoms with Crippen molar-refractivity contribution in [2.24, 2.45) is 0 Å². The highest BCUT2D eigenvalue weighted by molar-refractivity contribution is 4.46. The third-order valence-electron chi connectivity index (χ3n) is 2.74. The van der Waals surface area contributed by atoms with Crippen molar-refractivity contribution >= 4 is 0 Å². The Morgan fingerprint density at radius 1 is 0.647 bits per heavy atom. The fourth-order valence-corrected chi connectivity index (χ4v) is 1.83. The molecular formula is C14H31NO2. The van der Waals surface area contributed by atoms with Gasteiger partial charge in [-0.3, -0.25) is 9.68 Å². The molecule has 3 heteroatoms. The zero-order valence-corrected chi connectivity index (χ0v) is 12.0. The van der Waals surface area contributed by atoms with Gasteiger partial charge in [-0.05, 0) is 20.3 Å². The second-order valence-electron chi connectivity index (χ2n) is 4.37. The van der Waals surface area contributed by atoms with Gasteiger partial charge in [0, 0.05) is 0 Å². The first-order valence-corrected chi connectivity index (χ1v) is 7.38. The lowest BCUT2D eigenvalue weighted by atomic mass is 10.1. The number of rotatable bonds is 13. The standard InChI is InChI=1S/C14H31NO2/c1-4-7-8-9-10-11-12-13-14-15(16-5-2)17-6-3/h4-14H2,1-3H3. The predicted octanol–water partition coefficient (Wildman–Crippen LogP) is 4.33. The van der Waals surface area contributed by atoms with E-state index >= 15 is 0 Å². The Bertz CT molecular complexity index is 136. The lowest BCUT2D eigenvalue weighted by molar-refractivity contribution is -0.364. The van der Waals surface area contributed by atoms with Crippen LogP contribution in [0.5, 0.6) is 0 Å². The van der Waals surface area contributed by atoms with Crippen molar-refractivity contribution in [3.05, 3.63) is 0 Å². The molecule has 0 rings (SSSR count). The molecule has 0 spiro atoms. The smallest absolute Gasteiger partial charge is 0.0683 e. The largest absolute Gasteiger partial charge is 0.274 e. The van der Waals surface area contributed by atoms with Crippen LogP contribution in [0.2, 0.25) is 0 Å². The first-order chi connectivity index (χ1) is 8.35. The number of hydrogen-bond acceptors (Lipinski definition) is 3. The van der Waals surface area contributed by atoms with E-state index in [0.717, 1.165) is 13.0 Å². The SMILES string of the molecule is CCCCCCCCCCN(OCC)OCC. The van der Waals surface area contributed by atoms with Crippen LogP contribution in [0.15, 0.2) is 0 Å². The van der Waals surface area contributed by atoms with Crippen LogP contribution >= 0.6 is 0 Å². The molecule has 0 heterocycles. The van der Waals surface area contributed by atoms with E-state index in [2.05, 4.69) is 6.92 Å². The average molecular weight is 245 g/mol. The molecule has 0 radical (unpaired) electrons. The van der Waals surface area contributed by atoms with Crippen LogP contribution in [-0.4, -0.2) is 25.0 Å². The number of unbranched alkanes of at least 4 members (excludes halogenated alkanes) is 7.